The Kier molecular flexibility index (Phi) is 8.18. The molecule has 0 spiro atoms. The van der Waals surface area contributed by atoms with Crippen molar-refractivity contribution in [3.63, 3.8) is 0 Å². The normalized spacial score (nSPS) is 20.1. The fraction of sp³-hybridized carbons (Fsp3) is 0.481. The Hall–Kier alpha value is -3.07. The molecule has 3 aliphatic rings. The fourth-order valence-electron chi connectivity index (χ4n) is 4.87. The number of benzene rings is 1. The number of rotatable bonds is 7. The van der Waals surface area contributed by atoms with Crippen LogP contribution in [0, 0.1) is 12.8 Å². The number of methoxy groups -OCH3 is 1. The van der Waals surface area contributed by atoms with Crippen molar-refractivity contribution in [3.8, 4) is 0 Å². The highest BCUT2D eigenvalue weighted by molar-refractivity contribution is 8.16. The zero-order valence-electron chi connectivity index (χ0n) is 21.3. The van der Waals surface area contributed by atoms with Gasteiger partial charge < -0.3 is 19.3 Å². The van der Waals surface area contributed by atoms with Gasteiger partial charge in [-0.15, -0.1) is 0 Å². The summed E-state index contributed by atoms with van der Waals surface area (Å²) >= 11 is 1.47. The first-order valence-corrected chi connectivity index (χ1v) is 13.3. The maximum Gasteiger partial charge on any atom is 0.338 e. The van der Waals surface area contributed by atoms with Crippen LogP contribution in [-0.2, 0) is 23.9 Å². The summed E-state index contributed by atoms with van der Waals surface area (Å²) in [6.45, 7) is 7.22. The van der Waals surface area contributed by atoms with Gasteiger partial charge in [0, 0.05) is 18.8 Å². The average Bonchev–Trinajstić information content (AvgIpc) is 3.29. The van der Waals surface area contributed by atoms with Crippen LogP contribution in [0.1, 0.15) is 56.7 Å². The highest BCUT2D eigenvalue weighted by Gasteiger charge is 2.42. The zero-order valence-corrected chi connectivity index (χ0v) is 22.1. The number of esters is 2. The van der Waals surface area contributed by atoms with Gasteiger partial charge >= 0.3 is 11.9 Å². The summed E-state index contributed by atoms with van der Waals surface area (Å²) in [5, 5.41) is 2.71. The van der Waals surface area contributed by atoms with E-state index in [1.54, 1.807) is 6.92 Å². The second-order valence-corrected chi connectivity index (χ2v) is 9.93. The molecule has 1 amide bonds. The molecule has 1 fully saturated rings. The van der Waals surface area contributed by atoms with E-state index in [2.05, 4.69) is 0 Å². The summed E-state index contributed by atoms with van der Waals surface area (Å²) in [4.78, 5) is 46.9. The molecule has 3 aliphatic heterocycles. The Labute approximate surface area is 216 Å². The van der Waals surface area contributed by atoms with Gasteiger partial charge in [-0.3, -0.25) is 9.59 Å². The summed E-state index contributed by atoms with van der Waals surface area (Å²) in [6.07, 6.45) is 1.99. The molecule has 1 unspecified atom stereocenters. The maximum absolute atomic E-state index is 13.3. The van der Waals surface area contributed by atoms with E-state index >= 15 is 0 Å². The van der Waals surface area contributed by atoms with E-state index in [4.69, 9.17) is 14.5 Å². The Morgan fingerprint density at radius 3 is 2.42 bits per heavy atom. The molecule has 3 heterocycles. The van der Waals surface area contributed by atoms with E-state index in [0.717, 1.165) is 22.0 Å². The zero-order chi connectivity index (χ0) is 25.8. The largest absolute Gasteiger partial charge is 0.466 e. The minimum atomic E-state index is -0.427. The van der Waals surface area contributed by atoms with Crippen molar-refractivity contribution >= 4 is 34.8 Å². The molecule has 0 aliphatic carbocycles. The third-order valence-electron chi connectivity index (χ3n) is 6.82. The number of hydrogen-bond donors (Lipinski definition) is 0. The van der Waals surface area contributed by atoms with Crippen molar-refractivity contribution in [2.45, 2.75) is 52.5 Å². The molecule has 0 saturated carbocycles. The first-order chi connectivity index (χ1) is 17.4. The number of hydrogen-bond acceptors (Lipinski definition) is 8. The molecular formula is C27H33N3O5S. The maximum atomic E-state index is 13.3. The SMILES string of the molecule is CCOC(=O)C1CCN(C(=O)CC2=CSC3=NC(CC)=C(C(=O)OC)C(c4ccc(C)cc4)N23)CC1. The number of ether oxygens (including phenoxy) is 2. The first kappa shape index (κ1) is 26.0. The number of thioether (sulfide) groups is 1. The van der Waals surface area contributed by atoms with E-state index in [0.29, 0.717) is 50.2 Å². The number of aryl methyl sites for hydroxylation is 1. The second-order valence-electron chi connectivity index (χ2n) is 9.09. The smallest absolute Gasteiger partial charge is 0.338 e. The Morgan fingerprint density at radius 1 is 1.11 bits per heavy atom. The monoisotopic (exact) mass is 511 g/mol. The molecule has 0 N–H and O–H groups in total. The quantitative estimate of drug-likeness (QED) is 0.504. The van der Waals surface area contributed by atoms with E-state index < -0.39 is 12.0 Å². The van der Waals surface area contributed by atoms with E-state index in [9.17, 15) is 14.4 Å². The van der Waals surface area contributed by atoms with Crippen LogP contribution in [0.25, 0.3) is 0 Å². The number of likely N-dealkylation sites (tertiary alicyclic amines) is 1. The lowest BCUT2D eigenvalue weighted by atomic mass is 9.92. The van der Waals surface area contributed by atoms with Gasteiger partial charge in [-0.1, -0.05) is 48.5 Å². The van der Waals surface area contributed by atoms with Crippen LogP contribution in [0.3, 0.4) is 0 Å². The lowest BCUT2D eigenvalue weighted by molar-refractivity contribution is -0.151. The molecule has 4 rings (SSSR count). The number of fused-ring (bicyclic) bond motifs is 1. The molecule has 1 atom stereocenters. The van der Waals surface area contributed by atoms with Crippen LogP contribution in [0.2, 0.25) is 0 Å². The molecule has 9 heteroatoms. The third kappa shape index (κ3) is 5.21. The molecule has 36 heavy (non-hydrogen) atoms. The highest BCUT2D eigenvalue weighted by Crippen LogP contribution is 2.45. The van der Waals surface area contributed by atoms with Crippen molar-refractivity contribution < 1.29 is 23.9 Å². The summed E-state index contributed by atoms with van der Waals surface area (Å²) in [7, 11) is 1.38. The number of piperidine rings is 1. The average molecular weight is 512 g/mol. The minimum Gasteiger partial charge on any atom is -0.466 e. The van der Waals surface area contributed by atoms with Gasteiger partial charge in [-0.25, -0.2) is 9.79 Å². The van der Waals surface area contributed by atoms with Crippen LogP contribution < -0.4 is 0 Å². The Bertz CT molecular complexity index is 1120. The number of amidine groups is 1. The van der Waals surface area contributed by atoms with Gasteiger partial charge in [-0.2, -0.15) is 0 Å². The summed E-state index contributed by atoms with van der Waals surface area (Å²) in [5.74, 6) is -0.743. The lowest BCUT2D eigenvalue weighted by Crippen LogP contribution is -2.42. The van der Waals surface area contributed by atoms with Crippen molar-refractivity contribution in [3.05, 3.63) is 57.8 Å². The number of allylic oxidation sites excluding steroid dienone is 1. The van der Waals surface area contributed by atoms with E-state index in [1.807, 2.05) is 53.3 Å². The molecule has 1 saturated heterocycles. The minimum absolute atomic E-state index is 0.00190. The van der Waals surface area contributed by atoms with Crippen molar-refractivity contribution in [1.82, 2.24) is 9.80 Å². The van der Waals surface area contributed by atoms with Gasteiger partial charge in [0.1, 0.15) is 0 Å². The van der Waals surface area contributed by atoms with E-state index in [-0.39, 0.29) is 24.2 Å². The number of carbonyl (C=O) groups is 3. The van der Waals surface area contributed by atoms with Gasteiger partial charge in [-0.05, 0) is 44.1 Å². The van der Waals surface area contributed by atoms with Gasteiger partial charge in [0.05, 0.1) is 43.4 Å². The summed E-state index contributed by atoms with van der Waals surface area (Å²) in [5.41, 5.74) is 4.07. The van der Waals surface area contributed by atoms with Crippen LogP contribution in [0.5, 0.6) is 0 Å². The Balaban J connectivity index is 1.57. The standard InChI is InChI=1S/C27H33N3O5S/c1-5-21-23(26(33)34-4)24(18-9-7-17(3)8-10-18)30-20(16-36-27(30)28-21)15-22(31)29-13-11-19(12-14-29)25(32)35-6-2/h7-10,16,19,24H,5-6,11-15H2,1-4H3. The summed E-state index contributed by atoms with van der Waals surface area (Å²) in [6, 6.07) is 7.65. The number of carbonyl (C=O) groups excluding carboxylic acids is 3. The van der Waals surface area contributed by atoms with Gasteiger partial charge in [0.2, 0.25) is 5.91 Å². The molecule has 0 bridgehead atoms. The molecular weight excluding hydrogens is 478 g/mol. The van der Waals surface area contributed by atoms with Crippen LogP contribution in [0.15, 0.2) is 51.6 Å². The summed E-state index contributed by atoms with van der Waals surface area (Å²) < 4.78 is 10.3. The lowest BCUT2D eigenvalue weighted by Gasteiger charge is -2.37. The molecule has 0 radical (unpaired) electrons. The first-order valence-electron chi connectivity index (χ1n) is 12.4. The molecule has 8 nitrogen and oxygen atoms in total. The third-order valence-corrected chi connectivity index (χ3v) is 7.71. The van der Waals surface area contributed by atoms with Gasteiger partial charge in [0.25, 0.3) is 0 Å². The predicted molar refractivity (Wildman–Crippen MR) is 139 cm³/mol. The van der Waals surface area contributed by atoms with Gasteiger partial charge in [0.15, 0.2) is 5.17 Å². The molecule has 1 aromatic rings. The van der Waals surface area contributed by atoms with Crippen LogP contribution >= 0.6 is 11.8 Å². The molecule has 1 aromatic carbocycles. The number of amides is 1. The van der Waals surface area contributed by atoms with Crippen LogP contribution in [-0.4, -0.2) is 59.6 Å². The second kappa shape index (κ2) is 11.3. The fourth-order valence-corrected chi connectivity index (χ4v) is 5.81. The predicted octanol–water partition coefficient (Wildman–Crippen LogP) is 4.32. The number of nitrogens with zero attached hydrogens (tertiary/aromatic N) is 3. The molecule has 0 aromatic heterocycles. The topological polar surface area (TPSA) is 88.5 Å². The number of aliphatic imine (C=N–C) groups is 1. The molecule has 192 valence electrons. The van der Waals surface area contributed by atoms with Crippen molar-refractivity contribution in [1.29, 1.82) is 0 Å². The highest BCUT2D eigenvalue weighted by atomic mass is 32.2. The Morgan fingerprint density at radius 2 is 1.81 bits per heavy atom. The van der Waals surface area contributed by atoms with E-state index in [1.165, 1.54) is 18.9 Å². The van der Waals surface area contributed by atoms with Crippen molar-refractivity contribution in [2.24, 2.45) is 10.9 Å². The van der Waals surface area contributed by atoms with Crippen LogP contribution in [0.4, 0.5) is 0 Å². The van der Waals surface area contributed by atoms with Crippen molar-refractivity contribution in [2.75, 3.05) is 26.8 Å².